The average molecular weight is 668 g/mol. The lowest BCUT2D eigenvalue weighted by atomic mass is 9.94. The molecule has 0 fully saturated rings. The minimum Gasteiger partial charge on any atom is -0.508 e. The minimum atomic E-state index is -1.13. The van der Waals surface area contributed by atoms with Crippen LogP contribution in [0.4, 0.5) is 0 Å². The summed E-state index contributed by atoms with van der Waals surface area (Å²) in [6.07, 6.45) is 2.28. The van der Waals surface area contributed by atoms with Crippen LogP contribution in [-0.2, 0) is 32.0 Å². The molecule has 0 spiro atoms. The van der Waals surface area contributed by atoms with Gasteiger partial charge in [0.1, 0.15) is 23.9 Å². The van der Waals surface area contributed by atoms with E-state index >= 15 is 0 Å². The molecule has 14 nitrogen and oxygen atoms in total. The number of guanidine groups is 1. The van der Waals surface area contributed by atoms with E-state index in [-0.39, 0.29) is 43.9 Å². The van der Waals surface area contributed by atoms with Gasteiger partial charge in [0.15, 0.2) is 5.96 Å². The fourth-order valence-corrected chi connectivity index (χ4v) is 5.54. The molecular weight excluding hydrogens is 614 g/mol. The van der Waals surface area contributed by atoms with E-state index in [9.17, 15) is 24.3 Å². The number of unbranched alkanes of at least 4 members (excludes halogenated alkanes) is 1. The quantitative estimate of drug-likeness (QED) is 0.0547. The van der Waals surface area contributed by atoms with Crippen LogP contribution in [0, 0.1) is 27.7 Å². The second-order valence-corrected chi connectivity index (χ2v) is 12.3. The van der Waals surface area contributed by atoms with Gasteiger partial charge >= 0.3 is 0 Å². The molecule has 0 unspecified atom stereocenters. The van der Waals surface area contributed by atoms with Crippen LogP contribution >= 0.6 is 0 Å². The number of hydrogen-bond acceptors (Lipinski definition) is 8. The zero-order valence-electron chi connectivity index (χ0n) is 28.5. The van der Waals surface area contributed by atoms with Crippen molar-refractivity contribution in [3.63, 3.8) is 0 Å². The largest absolute Gasteiger partial charge is 0.508 e. The molecular formula is C34H53N9O5. The summed E-state index contributed by atoms with van der Waals surface area (Å²) in [7, 11) is 0. The standard InChI is InChI=1S/C34H53N9O5/c1-19-9-7-10-20(2)24(19)17-28(30(37)45)42-32(47)27(12-5-6-13-35)41-33(48)29(18-25-21(3)15-23(44)16-22(25)4)43-31(46)26(36)11-8-14-40-34(38)39/h7,9-10,15-16,26-29,44H,5-6,8,11-14,17-18,35-36H2,1-4H3,(H2,37,45)(H,41,48)(H,42,47)(H,43,46)(H4,38,39,40)/t26-,27-,28-,29-/m0/s1. The number of aromatic hydroxyl groups is 1. The molecule has 2 aromatic rings. The Bertz CT molecular complexity index is 1420. The lowest BCUT2D eigenvalue weighted by Crippen LogP contribution is -2.58. The van der Waals surface area contributed by atoms with E-state index in [4.69, 9.17) is 28.7 Å². The van der Waals surface area contributed by atoms with Crippen molar-refractivity contribution in [1.82, 2.24) is 16.0 Å². The predicted octanol–water partition coefficient (Wildman–Crippen LogP) is -0.139. The number of nitrogens with one attached hydrogen (secondary N) is 3. The number of aliphatic imine (C=N–C) groups is 1. The number of aryl methyl sites for hydroxylation is 4. The van der Waals surface area contributed by atoms with E-state index < -0.39 is 47.8 Å². The van der Waals surface area contributed by atoms with E-state index in [0.717, 1.165) is 22.3 Å². The summed E-state index contributed by atoms with van der Waals surface area (Å²) in [5, 5.41) is 18.3. The van der Waals surface area contributed by atoms with Crippen molar-refractivity contribution in [3.05, 3.63) is 63.7 Å². The number of carbonyl (C=O) groups is 4. The third kappa shape index (κ3) is 12.5. The number of benzene rings is 2. The summed E-state index contributed by atoms with van der Waals surface area (Å²) in [4.78, 5) is 57.2. The molecule has 14 heteroatoms. The molecule has 0 saturated heterocycles. The first-order valence-electron chi connectivity index (χ1n) is 16.2. The van der Waals surface area contributed by atoms with Gasteiger partial charge in [0.2, 0.25) is 23.6 Å². The molecule has 0 aliphatic rings. The SMILES string of the molecule is Cc1cccc(C)c1C[C@H](NC(=O)[C@H](CCCCN)NC(=O)[C@H](Cc1c(C)cc(O)cc1C)NC(=O)[C@@H](N)CCCN=C(N)N)C(N)=O. The maximum atomic E-state index is 13.9. The van der Waals surface area contributed by atoms with Crippen molar-refractivity contribution in [2.45, 2.75) is 96.8 Å². The van der Waals surface area contributed by atoms with Gasteiger partial charge in [0.05, 0.1) is 6.04 Å². The first kappa shape index (κ1) is 39.5. The first-order valence-corrected chi connectivity index (χ1v) is 16.2. The van der Waals surface area contributed by atoms with Gasteiger partial charge in [-0.2, -0.15) is 0 Å². The Morgan fingerprint density at radius 1 is 0.729 bits per heavy atom. The number of primary amides is 1. The Hall–Kier alpha value is -4.69. The highest BCUT2D eigenvalue weighted by Gasteiger charge is 2.31. The van der Waals surface area contributed by atoms with E-state index in [0.29, 0.717) is 36.9 Å². The molecule has 0 aliphatic carbocycles. The van der Waals surface area contributed by atoms with E-state index in [1.807, 2.05) is 32.0 Å². The van der Waals surface area contributed by atoms with E-state index in [2.05, 4.69) is 20.9 Å². The number of hydrogen-bond donors (Lipinski definition) is 9. The van der Waals surface area contributed by atoms with Crippen molar-refractivity contribution in [3.8, 4) is 5.75 Å². The van der Waals surface area contributed by atoms with E-state index in [1.54, 1.807) is 26.0 Å². The highest BCUT2D eigenvalue weighted by molar-refractivity contribution is 5.94. The zero-order chi connectivity index (χ0) is 36.0. The maximum absolute atomic E-state index is 13.9. The molecule has 4 amide bonds. The normalized spacial score (nSPS) is 13.5. The van der Waals surface area contributed by atoms with Crippen molar-refractivity contribution in [2.75, 3.05) is 13.1 Å². The first-order chi connectivity index (χ1) is 22.6. The summed E-state index contributed by atoms with van der Waals surface area (Å²) < 4.78 is 0. The van der Waals surface area contributed by atoms with Crippen LogP contribution in [0.3, 0.4) is 0 Å². The van der Waals surface area contributed by atoms with Crippen molar-refractivity contribution < 1.29 is 24.3 Å². The van der Waals surface area contributed by atoms with Crippen molar-refractivity contribution in [1.29, 1.82) is 0 Å². The summed E-state index contributed by atoms with van der Waals surface area (Å²) in [6.45, 7) is 8.08. The van der Waals surface area contributed by atoms with Gasteiger partial charge in [-0.05, 0) is 112 Å². The maximum Gasteiger partial charge on any atom is 0.243 e. The van der Waals surface area contributed by atoms with Crippen LogP contribution in [0.2, 0.25) is 0 Å². The fraction of sp³-hybridized carbons (Fsp3) is 0.500. The lowest BCUT2D eigenvalue weighted by molar-refractivity contribution is -0.133. The number of rotatable bonds is 19. The molecule has 0 heterocycles. The highest BCUT2D eigenvalue weighted by atomic mass is 16.3. The molecule has 0 aliphatic heterocycles. The number of amides is 4. The zero-order valence-corrected chi connectivity index (χ0v) is 28.5. The highest BCUT2D eigenvalue weighted by Crippen LogP contribution is 2.22. The Labute approximate surface area is 282 Å². The number of phenolic OH excluding ortho intramolecular Hbond substituents is 1. The number of phenols is 1. The monoisotopic (exact) mass is 667 g/mol. The van der Waals surface area contributed by atoms with Crippen LogP contribution in [0.5, 0.6) is 5.75 Å². The van der Waals surface area contributed by atoms with E-state index in [1.165, 1.54) is 0 Å². The van der Waals surface area contributed by atoms with Crippen LogP contribution in [0.1, 0.15) is 65.5 Å². The predicted molar refractivity (Wildman–Crippen MR) is 187 cm³/mol. The van der Waals surface area contributed by atoms with Crippen LogP contribution in [0.15, 0.2) is 35.3 Å². The fourth-order valence-electron chi connectivity index (χ4n) is 5.54. The van der Waals surface area contributed by atoms with Crippen molar-refractivity contribution in [2.24, 2.45) is 33.7 Å². The van der Waals surface area contributed by atoms with Crippen molar-refractivity contribution >= 4 is 29.6 Å². The van der Waals surface area contributed by atoms with Gasteiger partial charge in [-0.3, -0.25) is 24.2 Å². The van der Waals surface area contributed by atoms with Gasteiger partial charge < -0.3 is 49.7 Å². The van der Waals surface area contributed by atoms with Gasteiger partial charge in [-0.25, -0.2) is 0 Å². The molecule has 14 N–H and O–H groups in total. The molecule has 2 aromatic carbocycles. The molecule has 2 rings (SSSR count). The molecule has 4 atom stereocenters. The molecule has 264 valence electrons. The summed E-state index contributed by atoms with van der Waals surface area (Å²) in [5.74, 6) is -2.49. The Kier molecular flexibility index (Phi) is 15.8. The topological polar surface area (TPSA) is 267 Å². The number of nitrogens with zero attached hydrogens (tertiary/aromatic N) is 1. The average Bonchev–Trinajstić information content (AvgIpc) is 3.00. The van der Waals surface area contributed by atoms with Gasteiger partial charge in [-0.15, -0.1) is 0 Å². The molecule has 0 bridgehead atoms. The summed E-state index contributed by atoms with van der Waals surface area (Å²) in [5.41, 5.74) is 33.3. The number of nitrogens with two attached hydrogens (primary N) is 5. The number of carbonyl (C=O) groups excluding carboxylic acids is 4. The molecule has 0 saturated carbocycles. The third-order valence-corrected chi connectivity index (χ3v) is 8.32. The molecule has 48 heavy (non-hydrogen) atoms. The second kappa shape index (κ2) is 19.2. The third-order valence-electron chi connectivity index (χ3n) is 8.32. The van der Waals surface area contributed by atoms with Gasteiger partial charge in [-0.1, -0.05) is 18.2 Å². The van der Waals surface area contributed by atoms with Gasteiger partial charge in [0.25, 0.3) is 0 Å². The van der Waals surface area contributed by atoms with Crippen LogP contribution in [-0.4, -0.2) is 72.0 Å². The van der Waals surface area contributed by atoms with Gasteiger partial charge in [0, 0.05) is 19.4 Å². The summed E-state index contributed by atoms with van der Waals surface area (Å²) >= 11 is 0. The summed E-state index contributed by atoms with van der Waals surface area (Å²) in [6, 6.07) is 4.70. The lowest BCUT2D eigenvalue weighted by Gasteiger charge is -2.26. The minimum absolute atomic E-state index is 0.0594. The molecule has 0 radical (unpaired) electrons. The van der Waals surface area contributed by atoms with Crippen LogP contribution < -0.4 is 44.6 Å². The Morgan fingerprint density at radius 3 is 1.81 bits per heavy atom. The Morgan fingerprint density at radius 2 is 1.25 bits per heavy atom. The smallest absolute Gasteiger partial charge is 0.243 e. The second-order valence-electron chi connectivity index (χ2n) is 12.3. The van der Waals surface area contributed by atoms with Crippen LogP contribution in [0.25, 0.3) is 0 Å². The molecule has 0 aromatic heterocycles. The Balaban J connectivity index is 2.34.